The van der Waals surface area contributed by atoms with Crippen LogP contribution in [0.4, 0.5) is 5.95 Å². The second kappa shape index (κ2) is 7.79. The van der Waals surface area contributed by atoms with Crippen LogP contribution >= 0.6 is 12.4 Å². The third kappa shape index (κ3) is 3.51. The number of halogens is 1. The van der Waals surface area contributed by atoms with Crippen LogP contribution in [0.25, 0.3) is 11.0 Å². The van der Waals surface area contributed by atoms with Crippen LogP contribution in [0.1, 0.15) is 32.6 Å². The molecule has 0 aliphatic heterocycles. The summed E-state index contributed by atoms with van der Waals surface area (Å²) in [6.45, 7) is 3.56. The van der Waals surface area contributed by atoms with Crippen LogP contribution in [0, 0.1) is 11.8 Å². The van der Waals surface area contributed by atoms with Crippen molar-refractivity contribution in [2.24, 2.45) is 17.6 Å². The number of carbonyl (C=O) groups is 1. The molecule has 126 valence electrons. The summed E-state index contributed by atoms with van der Waals surface area (Å²) in [5.41, 5.74) is 7.79. The zero-order chi connectivity index (χ0) is 15.5. The number of fused-ring (bicyclic) bond motifs is 1. The van der Waals surface area contributed by atoms with Gasteiger partial charge in [0.15, 0.2) is 0 Å². The van der Waals surface area contributed by atoms with Gasteiger partial charge in [-0.2, -0.15) is 0 Å². The van der Waals surface area contributed by atoms with Gasteiger partial charge in [0.1, 0.15) is 0 Å². The van der Waals surface area contributed by atoms with Gasteiger partial charge in [0.2, 0.25) is 11.9 Å². The summed E-state index contributed by atoms with van der Waals surface area (Å²) in [6, 6.07) is 8.00. The fourth-order valence-corrected chi connectivity index (χ4v) is 3.49. The minimum Gasteiger partial charge on any atom is -0.330 e. The van der Waals surface area contributed by atoms with Crippen molar-refractivity contribution >= 4 is 35.3 Å². The van der Waals surface area contributed by atoms with Crippen molar-refractivity contribution < 1.29 is 4.79 Å². The molecule has 0 unspecified atom stereocenters. The van der Waals surface area contributed by atoms with Crippen LogP contribution in [-0.4, -0.2) is 22.0 Å². The lowest BCUT2D eigenvalue weighted by atomic mass is 9.95. The molecule has 0 radical (unpaired) electrons. The van der Waals surface area contributed by atoms with Crippen LogP contribution in [0.15, 0.2) is 24.3 Å². The van der Waals surface area contributed by atoms with E-state index in [0.717, 1.165) is 43.3 Å². The number of carbonyl (C=O) groups excluding carboxylic acids is 1. The van der Waals surface area contributed by atoms with Gasteiger partial charge in [-0.05, 0) is 43.9 Å². The van der Waals surface area contributed by atoms with Crippen LogP contribution < -0.4 is 11.1 Å². The Balaban J connectivity index is 0.00000192. The highest BCUT2D eigenvalue weighted by atomic mass is 35.5. The standard InChI is InChI=1S/C17H24N4O.ClH/c1-2-10-21-15-9-4-3-8-14(15)19-17(21)20-16(22)13-7-5-6-12(13)11-18;/h3-4,8-9,12-13H,2,5-7,10-11,18H2,1H3,(H,19,20,22);1H/t12-,13-;/m1./s1. The minimum absolute atomic E-state index is 0. The number of nitrogens with one attached hydrogen (secondary N) is 1. The summed E-state index contributed by atoms with van der Waals surface area (Å²) in [5.74, 6) is 1.07. The highest BCUT2D eigenvalue weighted by Crippen LogP contribution is 2.32. The van der Waals surface area contributed by atoms with E-state index in [-0.39, 0.29) is 24.2 Å². The Morgan fingerprint density at radius 2 is 2.17 bits per heavy atom. The SMILES string of the molecule is CCCn1c(NC(=O)[C@@H]2CCC[C@@H]2CN)nc2ccccc21.Cl. The highest BCUT2D eigenvalue weighted by molar-refractivity contribution is 5.93. The lowest BCUT2D eigenvalue weighted by molar-refractivity contribution is -0.120. The Hall–Kier alpha value is -1.59. The molecule has 3 rings (SSSR count). The molecule has 6 heteroatoms. The van der Waals surface area contributed by atoms with Crippen molar-refractivity contribution in [2.75, 3.05) is 11.9 Å². The topological polar surface area (TPSA) is 72.9 Å². The van der Waals surface area contributed by atoms with E-state index in [1.54, 1.807) is 0 Å². The number of aromatic nitrogens is 2. The van der Waals surface area contributed by atoms with Crippen molar-refractivity contribution in [1.82, 2.24) is 9.55 Å². The largest absolute Gasteiger partial charge is 0.330 e. The number of aryl methyl sites for hydroxylation is 1. The van der Waals surface area contributed by atoms with E-state index >= 15 is 0 Å². The summed E-state index contributed by atoms with van der Waals surface area (Å²) >= 11 is 0. The molecule has 3 N–H and O–H groups in total. The monoisotopic (exact) mass is 336 g/mol. The maximum absolute atomic E-state index is 12.6. The van der Waals surface area contributed by atoms with Gasteiger partial charge in [-0.15, -0.1) is 12.4 Å². The van der Waals surface area contributed by atoms with E-state index in [9.17, 15) is 4.79 Å². The number of imidazole rings is 1. The van der Waals surface area contributed by atoms with Crippen molar-refractivity contribution in [3.8, 4) is 0 Å². The molecule has 5 nitrogen and oxygen atoms in total. The van der Waals surface area contributed by atoms with Crippen LogP contribution in [0.3, 0.4) is 0 Å². The molecule has 1 saturated carbocycles. The van der Waals surface area contributed by atoms with E-state index in [1.807, 2.05) is 24.3 Å². The van der Waals surface area contributed by atoms with Crippen molar-refractivity contribution in [1.29, 1.82) is 0 Å². The second-order valence-corrected chi connectivity index (χ2v) is 6.10. The van der Waals surface area contributed by atoms with Crippen molar-refractivity contribution in [2.45, 2.75) is 39.2 Å². The first kappa shape index (κ1) is 17.8. The van der Waals surface area contributed by atoms with Gasteiger partial charge in [-0.1, -0.05) is 25.5 Å². The fourth-order valence-electron chi connectivity index (χ4n) is 3.49. The fraction of sp³-hybridized carbons (Fsp3) is 0.529. The summed E-state index contributed by atoms with van der Waals surface area (Å²) in [4.78, 5) is 17.2. The molecule has 1 aliphatic carbocycles. The van der Waals surface area contributed by atoms with E-state index < -0.39 is 0 Å². The first-order chi connectivity index (χ1) is 10.7. The molecule has 1 heterocycles. The molecule has 0 spiro atoms. The van der Waals surface area contributed by atoms with Gasteiger partial charge >= 0.3 is 0 Å². The van der Waals surface area contributed by atoms with E-state index in [4.69, 9.17) is 5.73 Å². The molecule has 23 heavy (non-hydrogen) atoms. The molecule has 1 aromatic heterocycles. The molecule has 2 aromatic rings. The lowest BCUT2D eigenvalue weighted by Crippen LogP contribution is -2.30. The predicted octanol–water partition coefficient (Wildman–Crippen LogP) is 3.18. The third-order valence-electron chi connectivity index (χ3n) is 4.64. The third-order valence-corrected chi connectivity index (χ3v) is 4.64. The smallest absolute Gasteiger partial charge is 0.230 e. The Kier molecular flexibility index (Phi) is 6.02. The van der Waals surface area contributed by atoms with Gasteiger partial charge in [-0.3, -0.25) is 10.1 Å². The molecule has 2 atom stereocenters. The molecule has 1 aliphatic rings. The van der Waals surface area contributed by atoms with Gasteiger partial charge < -0.3 is 10.3 Å². The number of benzene rings is 1. The normalized spacial score (nSPS) is 20.4. The van der Waals surface area contributed by atoms with Crippen LogP contribution in [-0.2, 0) is 11.3 Å². The van der Waals surface area contributed by atoms with Gasteiger partial charge in [0.05, 0.1) is 11.0 Å². The number of rotatable bonds is 5. The average molecular weight is 337 g/mol. The highest BCUT2D eigenvalue weighted by Gasteiger charge is 2.32. The maximum Gasteiger partial charge on any atom is 0.230 e. The van der Waals surface area contributed by atoms with Gasteiger partial charge in [0, 0.05) is 12.5 Å². The van der Waals surface area contributed by atoms with E-state index in [2.05, 4.69) is 21.8 Å². The van der Waals surface area contributed by atoms with E-state index in [1.165, 1.54) is 0 Å². The number of anilines is 1. The molecular weight excluding hydrogens is 312 g/mol. The van der Waals surface area contributed by atoms with Gasteiger partial charge in [0.25, 0.3) is 0 Å². The Labute approximate surface area is 143 Å². The Morgan fingerprint density at radius 1 is 1.39 bits per heavy atom. The zero-order valence-electron chi connectivity index (χ0n) is 13.5. The zero-order valence-corrected chi connectivity index (χ0v) is 14.3. The second-order valence-electron chi connectivity index (χ2n) is 6.10. The number of para-hydroxylation sites is 2. The minimum atomic E-state index is 0. The van der Waals surface area contributed by atoms with Crippen molar-refractivity contribution in [3.63, 3.8) is 0 Å². The Morgan fingerprint density at radius 3 is 2.91 bits per heavy atom. The van der Waals surface area contributed by atoms with Crippen molar-refractivity contribution in [3.05, 3.63) is 24.3 Å². The lowest BCUT2D eigenvalue weighted by Gasteiger charge is -2.17. The van der Waals surface area contributed by atoms with Gasteiger partial charge in [-0.25, -0.2) is 4.98 Å². The summed E-state index contributed by atoms with van der Waals surface area (Å²) in [6.07, 6.45) is 4.07. The van der Waals surface area contributed by atoms with Crippen LogP contribution in [0.2, 0.25) is 0 Å². The summed E-state index contributed by atoms with van der Waals surface area (Å²) < 4.78 is 2.10. The summed E-state index contributed by atoms with van der Waals surface area (Å²) in [5, 5.41) is 3.05. The number of amides is 1. The average Bonchev–Trinajstić information content (AvgIpc) is 3.13. The number of hydrogen-bond donors (Lipinski definition) is 2. The molecule has 0 saturated heterocycles. The van der Waals surface area contributed by atoms with Crippen LogP contribution in [0.5, 0.6) is 0 Å². The molecule has 1 fully saturated rings. The molecule has 1 amide bonds. The number of nitrogens with zero attached hydrogens (tertiary/aromatic N) is 2. The molecular formula is C17H25ClN4O. The molecule has 1 aromatic carbocycles. The van der Waals surface area contributed by atoms with E-state index in [0.29, 0.717) is 18.4 Å². The number of nitrogens with two attached hydrogens (primary N) is 1. The molecule has 0 bridgehead atoms. The number of hydrogen-bond acceptors (Lipinski definition) is 3. The summed E-state index contributed by atoms with van der Waals surface area (Å²) in [7, 11) is 0. The first-order valence-corrected chi connectivity index (χ1v) is 8.20. The quantitative estimate of drug-likeness (QED) is 0.880. The first-order valence-electron chi connectivity index (χ1n) is 8.20. The maximum atomic E-state index is 12.6. The predicted molar refractivity (Wildman–Crippen MR) is 95.8 cm³/mol. The Bertz CT molecular complexity index is 670.